The third-order valence-electron chi connectivity index (χ3n) is 5.74. The van der Waals surface area contributed by atoms with Crippen LogP contribution in [0.3, 0.4) is 0 Å². The summed E-state index contributed by atoms with van der Waals surface area (Å²) in [6.07, 6.45) is 9.28. The maximum Gasteiger partial charge on any atom is 0.190 e. The number of rotatable bonds is 8. The number of H-pyrrole nitrogens is 1. The van der Waals surface area contributed by atoms with Gasteiger partial charge in [0.2, 0.25) is 0 Å². The lowest BCUT2D eigenvalue weighted by molar-refractivity contribution is 0.158. The molecular weight excluding hydrogens is 480 g/mol. The summed E-state index contributed by atoms with van der Waals surface area (Å²) in [6, 6.07) is 5.64. The number of hydrogen-bond donors (Lipinski definition) is 3. The van der Waals surface area contributed by atoms with E-state index >= 15 is 0 Å². The topological polar surface area (TPSA) is 55.5 Å². The molecule has 162 valence electrons. The molecule has 0 spiro atoms. The van der Waals surface area contributed by atoms with E-state index in [-0.39, 0.29) is 29.8 Å². The van der Waals surface area contributed by atoms with Crippen molar-refractivity contribution >= 4 is 40.8 Å². The van der Waals surface area contributed by atoms with Crippen LogP contribution in [0.5, 0.6) is 0 Å². The van der Waals surface area contributed by atoms with Crippen LogP contribution in [0.15, 0.2) is 29.4 Å². The molecule has 1 aliphatic rings. The first-order valence-electron chi connectivity index (χ1n) is 10.6. The van der Waals surface area contributed by atoms with Gasteiger partial charge in [-0.2, -0.15) is 0 Å². The molecule has 3 rings (SSSR count). The van der Waals surface area contributed by atoms with E-state index in [9.17, 15) is 4.39 Å². The number of unbranched alkanes of at least 4 members (excludes halogenated alkanes) is 1. The van der Waals surface area contributed by atoms with Gasteiger partial charge in [-0.15, -0.1) is 24.0 Å². The molecule has 1 aliphatic heterocycles. The third-order valence-corrected chi connectivity index (χ3v) is 5.74. The lowest BCUT2D eigenvalue weighted by Gasteiger charge is -2.33. The van der Waals surface area contributed by atoms with Crippen molar-refractivity contribution in [2.45, 2.75) is 51.5 Å². The minimum Gasteiger partial charge on any atom is -0.361 e. The Morgan fingerprint density at radius 2 is 2.07 bits per heavy atom. The molecule has 5 nitrogen and oxygen atoms in total. The van der Waals surface area contributed by atoms with Crippen LogP contribution in [0.2, 0.25) is 0 Å². The van der Waals surface area contributed by atoms with Gasteiger partial charge in [0.25, 0.3) is 0 Å². The lowest BCUT2D eigenvalue weighted by Crippen LogP contribution is -2.40. The van der Waals surface area contributed by atoms with Gasteiger partial charge < -0.3 is 20.5 Å². The molecule has 1 atom stereocenters. The van der Waals surface area contributed by atoms with E-state index in [0.717, 1.165) is 48.8 Å². The summed E-state index contributed by atoms with van der Waals surface area (Å²) in [5.41, 5.74) is 2.04. The summed E-state index contributed by atoms with van der Waals surface area (Å²) in [7, 11) is 1.80. The quantitative estimate of drug-likeness (QED) is 0.213. The van der Waals surface area contributed by atoms with Crippen LogP contribution in [0.25, 0.3) is 10.9 Å². The van der Waals surface area contributed by atoms with Crippen LogP contribution < -0.4 is 10.6 Å². The number of aromatic nitrogens is 1. The molecule has 2 heterocycles. The van der Waals surface area contributed by atoms with Crippen molar-refractivity contribution in [2.75, 3.05) is 33.2 Å². The highest BCUT2D eigenvalue weighted by Crippen LogP contribution is 2.19. The van der Waals surface area contributed by atoms with Gasteiger partial charge in [0.1, 0.15) is 5.82 Å². The second-order valence-electron chi connectivity index (χ2n) is 7.77. The van der Waals surface area contributed by atoms with Gasteiger partial charge in [0, 0.05) is 43.3 Å². The molecule has 1 saturated heterocycles. The summed E-state index contributed by atoms with van der Waals surface area (Å²) in [4.78, 5) is 10.1. The minimum atomic E-state index is -0.210. The molecule has 3 N–H and O–H groups in total. The van der Waals surface area contributed by atoms with Crippen LogP contribution in [0.4, 0.5) is 4.39 Å². The van der Waals surface area contributed by atoms with E-state index in [2.05, 4.69) is 32.4 Å². The Morgan fingerprint density at radius 1 is 1.24 bits per heavy atom. The van der Waals surface area contributed by atoms with Crippen molar-refractivity contribution in [1.82, 2.24) is 20.5 Å². The Labute approximate surface area is 190 Å². The van der Waals surface area contributed by atoms with Gasteiger partial charge in [-0.1, -0.05) is 6.42 Å². The van der Waals surface area contributed by atoms with E-state index in [1.807, 2.05) is 12.3 Å². The van der Waals surface area contributed by atoms with Gasteiger partial charge >= 0.3 is 0 Å². The number of halogens is 2. The average molecular weight is 515 g/mol. The molecule has 1 fully saturated rings. The summed E-state index contributed by atoms with van der Waals surface area (Å²) in [5.74, 6) is 0.635. The first-order chi connectivity index (χ1) is 13.7. The Morgan fingerprint density at radius 3 is 2.86 bits per heavy atom. The number of likely N-dealkylation sites (tertiary alicyclic amines) is 1. The number of benzene rings is 1. The molecule has 2 aromatic rings. The minimum absolute atomic E-state index is 0. The van der Waals surface area contributed by atoms with Crippen LogP contribution >= 0.6 is 24.0 Å². The molecule has 0 aliphatic carbocycles. The highest BCUT2D eigenvalue weighted by atomic mass is 127. The number of guanidine groups is 1. The zero-order valence-corrected chi connectivity index (χ0v) is 20.0. The average Bonchev–Trinajstić information content (AvgIpc) is 3.09. The molecule has 1 aromatic heterocycles. The van der Waals surface area contributed by atoms with Crippen molar-refractivity contribution in [2.24, 2.45) is 4.99 Å². The maximum absolute atomic E-state index is 13.3. The predicted molar refractivity (Wildman–Crippen MR) is 131 cm³/mol. The number of aromatic amines is 1. The number of aliphatic imine (C=N–C) groups is 1. The predicted octanol–water partition coefficient (Wildman–Crippen LogP) is 4.29. The second-order valence-corrected chi connectivity index (χ2v) is 7.77. The van der Waals surface area contributed by atoms with E-state index in [1.165, 1.54) is 56.5 Å². The molecule has 1 unspecified atom stereocenters. The Kier molecular flexibility index (Phi) is 10.2. The van der Waals surface area contributed by atoms with E-state index < -0.39 is 0 Å². The molecule has 0 radical (unpaired) electrons. The van der Waals surface area contributed by atoms with E-state index in [4.69, 9.17) is 0 Å². The Hall–Kier alpha value is -1.35. The fraction of sp³-hybridized carbons (Fsp3) is 0.591. The Balaban J connectivity index is 0.00000300. The van der Waals surface area contributed by atoms with Crippen molar-refractivity contribution in [3.63, 3.8) is 0 Å². The zero-order chi connectivity index (χ0) is 19.8. The monoisotopic (exact) mass is 515 g/mol. The molecule has 7 heteroatoms. The maximum atomic E-state index is 13.3. The SMILES string of the molecule is CN=C(NCCCCN1CCCCC1C)NCCc1c[nH]c2cc(F)ccc12.I. The van der Waals surface area contributed by atoms with Crippen LogP contribution in [0.1, 0.15) is 44.6 Å². The van der Waals surface area contributed by atoms with Gasteiger partial charge in [-0.25, -0.2) is 4.39 Å². The van der Waals surface area contributed by atoms with Crippen LogP contribution in [-0.2, 0) is 6.42 Å². The number of fused-ring (bicyclic) bond motifs is 1. The van der Waals surface area contributed by atoms with E-state index in [0.29, 0.717) is 0 Å². The third kappa shape index (κ3) is 7.13. The first kappa shape index (κ1) is 23.9. The summed E-state index contributed by atoms with van der Waals surface area (Å²) >= 11 is 0. The highest BCUT2D eigenvalue weighted by Gasteiger charge is 2.16. The van der Waals surface area contributed by atoms with E-state index in [1.54, 1.807) is 7.05 Å². The summed E-state index contributed by atoms with van der Waals surface area (Å²) < 4.78 is 13.3. The van der Waals surface area contributed by atoms with Gasteiger partial charge in [0.05, 0.1) is 0 Å². The van der Waals surface area contributed by atoms with Crippen molar-refractivity contribution in [3.8, 4) is 0 Å². The number of piperidine rings is 1. The highest BCUT2D eigenvalue weighted by molar-refractivity contribution is 14.0. The number of nitrogens with one attached hydrogen (secondary N) is 3. The standard InChI is InChI=1S/C22H34FN5.HI/c1-17-7-3-5-13-28(17)14-6-4-11-25-22(24-2)26-12-10-18-16-27-21-15-19(23)8-9-20(18)21;/h8-9,15-17,27H,3-7,10-14H2,1-2H3,(H2,24,25,26);1H. The Bertz CT molecular complexity index is 776. The number of nitrogens with zero attached hydrogens (tertiary/aromatic N) is 2. The molecule has 0 amide bonds. The molecule has 0 bridgehead atoms. The van der Waals surface area contributed by atoms with Gasteiger partial charge in [0.15, 0.2) is 5.96 Å². The lowest BCUT2D eigenvalue weighted by atomic mass is 10.0. The van der Waals surface area contributed by atoms with Gasteiger partial charge in [-0.05, 0) is 75.9 Å². The smallest absolute Gasteiger partial charge is 0.190 e. The summed E-state index contributed by atoms with van der Waals surface area (Å²) in [6.45, 7) is 6.55. The normalized spacial score (nSPS) is 17.9. The zero-order valence-electron chi connectivity index (χ0n) is 17.6. The fourth-order valence-electron chi connectivity index (χ4n) is 4.04. The first-order valence-corrected chi connectivity index (χ1v) is 10.6. The van der Waals surface area contributed by atoms with Crippen LogP contribution in [-0.4, -0.2) is 55.1 Å². The fourth-order valence-corrected chi connectivity index (χ4v) is 4.04. The molecule has 1 aromatic carbocycles. The molecule has 29 heavy (non-hydrogen) atoms. The summed E-state index contributed by atoms with van der Waals surface area (Å²) in [5, 5.41) is 7.86. The second kappa shape index (κ2) is 12.4. The van der Waals surface area contributed by atoms with Crippen molar-refractivity contribution in [3.05, 3.63) is 35.8 Å². The van der Waals surface area contributed by atoms with Crippen LogP contribution in [0, 0.1) is 5.82 Å². The number of hydrogen-bond acceptors (Lipinski definition) is 2. The van der Waals surface area contributed by atoms with Crippen molar-refractivity contribution < 1.29 is 4.39 Å². The van der Waals surface area contributed by atoms with Gasteiger partial charge in [-0.3, -0.25) is 4.99 Å². The molecular formula is C22H35FIN5. The van der Waals surface area contributed by atoms with Crippen molar-refractivity contribution in [1.29, 1.82) is 0 Å². The molecule has 0 saturated carbocycles. The largest absolute Gasteiger partial charge is 0.361 e.